The number of amidine groups is 1. The summed E-state index contributed by atoms with van der Waals surface area (Å²) in [6.07, 6.45) is 1.68. The van der Waals surface area contributed by atoms with E-state index in [4.69, 9.17) is 9.41 Å². The van der Waals surface area contributed by atoms with Crippen LogP contribution in [0.5, 0.6) is 0 Å². The summed E-state index contributed by atoms with van der Waals surface area (Å²) in [4.78, 5) is 31.4. The molecule has 166 valence electrons. The van der Waals surface area contributed by atoms with Gasteiger partial charge in [0.15, 0.2) is 5.17 Å². The summed E-state index contributed by atoms with van der Waals surface area (Å²) in [5.41, 5.74) is 2.30. The molecule has 0 aliphatic carbocycles. The van der Waals surface area contributed by atoms with Crippen LogP contribution < -0.4 is 4.90 Å². The molecule has 1 aromatic heterocycles. The number of nitrogens with zero attached hydrogens (tertiary/aromatic N) is 2. The molecule has 0 radical (unpaired) electrons. The van der Waals surface area contributed by atoms with Crippen molar-refractivity contribution in [1.82, 2.24) is 0 Å². The zero-order valence-electron chi connectivity index (χ0n) is 17.8. The molecule has 1 aliphatic heterocycles. The van der Waals surface area contributed by atoms with Crippen molar-refractivity contribution in [3.8, 4) is 11.3 Å². The third-order valence-electron chi connectivity index (χ3n) is 5.10. The molecule has 6 nitrogen and oxygen atoms in total. The van der Waals surface area contributed by atoms with Crippen molar-refractivity contribution in [2.45, 2.75) is 0 Å². The van der Waals surface area contributed by atoms with Crippen LogP contribution in [0.3, 0.4) is 0 Å². The monoisotopic (exact) mass is 466 g/mol. The molecule has 1 amide bonds. The number of aromatic carboxylic acids is 1. The largest absolute Gasteiger partial charge is 0.478 e. The molecule has 0 saturated carbocycles. The number of amides is 1. The van der Waals surface area contributed by atoms with E-state index in [1.165, 1.54) is 17.8 Å². The van der Waals surface area contributed by atoms with Gasteiger partial charge in [0.25, 0.3) is 5.91 Å². The average Bonchev–Trinajstić information content (AvgIpc) is 3.45. The van der Waals surface area contributed by atoms with E-state index in [-0.39, 0.29) is 11.5 Å². The van der Waals surface area contributed by atoms with Gasteiger partial charge < -0.3 is 9.52 Å². The molecule has 0 atom stereocenters. The first kappa shape index (κ1) is 21.5. The normalized spacial score (nSPS) is 15.9. The van der Waals surface area contributed by atoms with Crippen molar-refractivity contribution < 1.29 is 19.1 Å². The van der Waals surface area contributed by atoms with Crippen LogP contribution in [-0.2, 0) is 4.79 Å². The van der Waals surface area contributed by atoms with E-state index in [9.17, 15) is 14.7 Å². The van der Waals surface area contributed by atoms with E-state index in [1.807, 2.05) is 60.7 Å². The van der Waals surface area contributed by atoms with Crippen molar-refractivity contribution in [2.75, 3.05) is 4.90 Å². The Labute approximate surface area is 199 Å². The Hall–Kier alpha value is -4.36. The standard InChI is InChI=1S/C27H18N2O4S/c30-25-24(17-22-14-15-23(33-22)18-8-7-9-19(16-18)26(31)32)34-27(28-20-10-3-1-4-11-20)29(25)21-12-5-2-6-13-21/h1-17H,(H,31,32). The Balaban J connectivity index is 1.49. The molecule has 7 heteroatoms. The fraction of sp³-hybridized carbons (Fsp3) is 0. The van der Waals surface area contributed by atoms with Gasteiger partial charge in [-0.25, -0.2) is 9.79 Å². The lowest BCUT2D eigenvalue weighted by atomic mass is 10.1. The van der Waals surface area contributed by atoms with Gasteiger partial charge in [0.05, 0.1) is 21.8 Å². The maximum absolute atomic E-state index is 13.4. The fourth-order valence-electron chi connectivity index (χ4n) is 3.49. The minimum absolute atomic E-state index is 0.176. The number of carbonyl (C=O) groups excluding carboxylic acids is 1. The van der Waals surface area contributed by atoms with Crippen molar-refractivity contribution >= 4 is 46.3 Å². The molecule has 5 rings (SSSR count). The number of benzene rings is 3. The highest BCUT2D eigenvalue weighted by atomic mass is 32.2. The van der Waals surface area contributed by atoms with Gasteiger partial charge in [0.2, 0.25) is 0 Å². The molecule has 3 aromatic carbocycles. The molecule has 1 N–H and O–H groups in total. The Morgan fingerprint density at radius 3 is 2.38 bits per heavy atom. The molecule has 0 bridgehead atoms. The summed E-state index contributed by atoms with van der Waals surface area (Å²) < 4.78 is 5.92. The highest BCUT2D eigenvalue weighted by molar-refractivity contribution is 8.19. The number of anilines is 1. The van der Waals surface area contributed by atoms with Gasteiger partial charge >= 0.3 is 5.97 Å². The number of aliphatic imine (C=N–C) groups is 1. The molecule has 4 aromatic rings. The number of carbonyl (C=O) groups is 2. The zero-order valence-corrected chi connectivity index (χ0v) is 18.6. The summed E-state index contributed by atoms with van der Waals surface area (Å²) >= 11 is 1.27. The van der Waals surface area contributed by atoms with Gasteiger partial charge in [-0.15, -0.1) is 0 Å². The van der Waals surface area contributed by atoms with Gasteiger partial charge in [-0.3, -0.25) is 9.69 Å². The number of rotatable bonds is 5. The summed E-state index contributed by atoms with van der Waals surface area (Å²) in [5.74, 6) is -0.198. The van der Waals surface area contributed by atoms with Crippen LogP contribution in [0.2, 0.25) is 0 Å². The lowest BCUT2D eigenvalue weighted by Crippen LogP contribution is -2.28. The minimum atomic E-state index is -1.00. The zero-order chi connectivity index (χ0) is 23.5. The maximum atomic E-state index is 13.4. The molecule has 1 aliphatic rings. The molecule has 34 heavy (non-hydrogen) atoms. The number of carboxylic acids is 1. The van der Waals surface area contributed by atoms with Crippen LogP contribution in [-0.4, -0.2) is 22.2 Å². The van der Waals surface area contributed by atoms with Crippen LogP contribution in [0, 0.1) is 0 Å². The third kappa shape index (κ3) is 4.42. The second kappa shape index (κ2) is 9.25. The first-order chi connectivity index (χ1) is 16.6. The summed E-state index contributed by atoms with van der Waals surface area (Å²) in [6.45, 7) is 0. The van der Waals surface area contributed by atoms with E-state index < -0.39 is 5.97 Å². The van der Waals surface area contributed by atoms with Gasteiger partial charge in [-0.2, -0.15) is 0 Å². The smallest absolute Gasteiger partial charge is 0.335 e. The molecule has 0 spiro atoms. The van der Waals surface area contributed by atoms with Gasteiger partial charge in [0, 0.05) is 11.6 Å². The minimum Gasteiger partial charge on any atom is -0.478 e. The van der Waals surface area contributed by atoms with Crippen LogP contribution in [0.4, 0.5) is 11.4 Å². The van der Waals surface area contributed by atoms with Crippen LogP contribution in [0.15, 0.2) is 111 Å². The summed E-state index contributed by atoms with van der Waals surface area (Å²) in [6, 6.07) is 28.9. The Kier molecular flexibility index (Phi) is 5.84. The number of hydrogen-bond acceptors (Lipinski definition) is 5. The van der Waals surface area contributed by atoms with Gasteiger partial charge in [-0.05, 0) is 60.3 Å². The SMILES string of the molecule is O=C(O)c1cccc(-c2ccc(C=C3SC(=Nc4ccccc4)N(c4ccccc4)C3=O)o2)c1. The third-order valence-corrected chi connectivity index (χ3v) is 6.06. The lowest BCUT2D eigenvalue weighted by molar-refractivity contribution is -0.113. The topological polar surface area (TPSA) is 83.1 Å². The van der Waals surface area contributed by atoms with E-state index in [0.29, 0.717) is 27.2 Å². The fourth-order valence-corrected chi connectivity index (χ4v) is 4.47. The molecular formula is C27H18N2O4S. The van der Waals surface area contributed by atoms with E-state index in [2.05, 4.69) is 0 Å². The highest BCUT2D eigenvalue weighted by Gasteiger charge is 2.35. The highest BCUT2D eigenvalue weighted by Crippen LogP contribution is 2.37. The van der Waals surface area contributed by atoms with Crippen LogP contribution >= 0.6 is 11.8 Å². The maximum Gasteiger partial charge on any atom is 0.335 e. The number of thioether (sulfide) groups is 1. The van der Waals surface area contributed by atoms with Crippen molar-refractivity contribution in [2.24, 2.45) is 4.99 Å². The molecule has 0 unspecified atom stereocenters. The molecule has 2 heterocycles. The Morgan fingerprint density at radius 2 is 1.65 bits per heavy atom. The van der Waals surface area contributed by atoms with Crippen molar-refractivity contribution in [3.05, 3.63) is 113 Å². The number of furan rings is 1. The lowest BCUT2D eigenvalue weighted by Gasteiger charge is -2.15. The number of carboxylic acid groups (broad SMARTS) is 1. The van der Waals surface area contributed by atoms with E-state index >= 15 is 0 Å². The Morgan fingerprint density at radius 1 is 0.912 bits per heavy atom. The first-order valence-corrected chi connectivity index (χ1v) is 11.3. The van der Waals surface area contributed by atoms with E-state index in [0.717, 1.165) is 11.4 Å². The number of hydrogen-bond donors (Lipinski definition) is 1. The van der Waals surface area contributed by atoms with Crippen LogP contribution in [0.1, 0.15) is 16.1 Å². The predicted molar refractivity (Wildman–Crippen MR) is 134 cm³/mol. The quantitative estimate of drug-likeness (QED) is 0.342. The number of para-hydroxylation sites is 2. The second-order valence-electron chi connectivity index (χ2n) is 7.40. The molecular weight excluding hydrogens is 448 g/mol. The predicted octanol–water partition coefficient (Wildman–Crippen LogP) is 6.45. The summed E-state index contributed by atoms with van der Waals surface area (Å²) in [7, 11) is 0. The van der Waals surface area contributed by atoms with E-state index in [1.54, 1.807) is 41.3 Å². The molecule has 1 fully saturated rings. The van der Waals surface area contributed by atoms with Crippen molar-refractivity contribution in [1.29, 1.82) is 0 Å². The van der Waals surface area contributed by atoms with Crippen LogP contribution in [0.25, 0.3) is 17.4 Å². The Bertz CT molecular complexity index is 1430. The van der Waals surface area contributed by atoms with Crippen molar-refractivity contribution in [3.63, 3.8) is 0 Å². The molecule has 1 saturated heterocycles. The first-order valence-electron chi connectivity index (χ1n) is 10.4. The van der Waals surface area contributed by atoms with Gasteiger partial charge in [0.1, 0.15) is 11.5 Å². The second-order valence-corrected chi connectivity index (χ2v) is 8.41. The average molecular weight is 467 g/mol. The summed E-state index contributed by atoms with van der Waals surface area (Å²) in [5, 5.41) is 9.78. The van der Waals surface area contributed by atoms with Gasteiger partial charge in [-0.1, -0.05) is 48.5 Å².